The molecule has 0 aliphatic heterocycles. The molecule has 2 N–H and O–H groups in total. The second kappa shape index (κ2) is 4.99. The fourth-order valence-corrected chi connectivity index (χ4v) is 1.06. The molecule has 13 heavy (non-hydrogen) atoms. The zero-order valence-electron chi connectivity index (χ0n) is 7.16. The van der Waals surface area contributed by atoms with Gasteiger partial charge in [0.25, 0.3) is 0 Å². The molecule has 0 amide bonds. The minimum atomic E-state index is 0.439. The molecule has 0 unspecified atom stereocenters. The molecule has 0 spiro atoms. The van der Waals surface area contributed by atoms with Gasteiger partial charge in [0, 0.05) is 17.2 Å². The normalized spacial score (nSPS) is 9.69. The van der Waals surface area contributed by atoms with Gasteiger partial charge >= 0.3 is 0 Å². The Morgan fingerprint density at radius 1 is 1.62 bits per heavy atom. The first kappa shape index (κ1) is 10.2. The van der Waals surface area contributed by atoms with Crippen molar-refractivity contribution in [3.63, 3.8) is 0 Å². The third kappa shape index (κ3) is 3.57. The van der Waals surface area contributed by atoms with Crippen LogP contribution in [0.2, 0.25) is 0 Å². The minimum absolute atomic E-state index is 0.439. The van der Waals surface area contributed by atoms with Crippen molar-refractivity contribution in [1.82, 2.24) is 4.98 Å². The minimum Gasteiger partial charge on any atom is -0.488 e. The molecule has 0 saturated heterocycles. The van der Waals surface area contributed by atoms with Gasteiger partial charge in [-0.15, -0.1) is 0 Å². The largest absolute Gasteiger partial charge is 0.488 e. The van der Waals surface area contributed by atoms with Gasteiger partial charge in [-0.1, -0.05) is 6.58 Å². The van der Waals surface area contributed by atoms with Crippen molar-refractivity contribution in [3.05, 3.63) is 35.1 Å². The summed E-state index contributed by atoms with van der Waals surface area (Å²) in [5, 5.41) is 0. The number of aromatic nitrogens is 1. The molecule has 0 aliphatic rings. The van der Waals surface area contributed by atoms with Gasteiger partial charge in [0.2, 0.25) is 0 Å². The maximum absolute atomic E-state index is 5.37. The summed E-state index contributed by atoms with van der Waals surface area (Å²) >= 11 is 3.30. The second-order valence-corrected chi connectivity index (χ2v) is 3.50. The molecule has 1 aromatic heterocycles. The van der Waals surface area contributed by atoms with Crippen LogP contribution in [0.4, 0.5) is 0 Å². The molecule has 1 heterocycles. The van der Waals surface area contributed by atoms with Crippen molar-refractivity contribution in [2.75, 3.05) is 13.2 Å². The Morgan fingerprint density at radius 3 is 3.00 bits per heavy atom. The molecule has 0 fully saturated rings. The van der Waals surface area contributed by atoms with Crippen molar-refractivity contribution in [2.45, 2.75) is 0 Å². The van der Waals surface area contributed by atoms with Gasteiger partial charge in [0.1, 0.15) is 12.4 Å². The standard InChI is InChI=1S/C9H11BrN2O/c1-7(3-11)6-13-9-2-8(10)4-12-5-9/h2,4-5H,1,3,6,11H2. The fraction of sp³-hybridized carbons (Fsp3) is 0.222. The monoisotopic (exact) mass is 242 g/mol. The summed E-state index contributed by atoms with van der Waals surface area (Å²) in [5.41, 5.74) is 6.22. The number of pyridine rings is 1. The third-order valence-corrected chi connectivity index (χ3v) is 1.85. The molecule has 0 aromatic carbocycles. The lowest BCUT2D eigenvalue weighted by Crippen LogP contribution is -2.09. The van der Waals surface area contributed by atoms with Crippen LogP contribution in [0.25, 0.3) is 0 Å². The molecule has 70 valence electrons. The molecule has 0 saturated carbocycles. The zero-order chi connectivity index (χ0) is 9.68. The van der Waals surface area contributed by atoms with E-state index in [1.165, 1.54) is 0 Å². The quantitative estimate of drug-likeness (QED) is 0.819. The Hall–Kier alpha value is -0.870. The van der Waals surface area contributed by atoms with Crippen LogP contribution in [0.1, 0.15) is 0 Å². The molecule has 1 rings (SSSR count). The Kier molecular flexibility index (Phi) is 3.92. The molecule has 0 bridgehead atoms. The highest BCUT2D eigenvalue weighted by Gasteiger charge is 1.96. The second-order valence-electron chi connectivity index (χ2n) is 2.58. The molecule has 1 aromatic rings. The molecule has 3 nitrogen and oxygen atoms in total. The van der Waals surface area contributed by atoms with Crippen molar-refractivity contribution < 1.29 is 4.74 Å². The van der Waals surface area contributed by atoms with E-state index >= 15 is 0 Å². The van der Waals surface area contributed by atoms with Crippen LogP contribution in [0.15, 0.2) is 35.1 Å². The van der Waals surface area contributed by atoms with Crippen LogP contribution < -0.4 is 10.5 Å². The first-order chi connectivity index (χ1) is 6.22. The fourth-order valence-electron chi connectivity index (χ4n) is 0.716. The maximum atomic E-state index is 5.37. The highest BCUT2D eigenvalue weighted by Crippen LogP contribution is 2.15. The Morgan fingerprint density at radius 2 is 2.38 bits per heavy atom. The summed E-state index contributed by atoms with van der Waals surface area (Å²) < 4.78 is 6.26. The summed E-state index contributed by atoms with van der Waals surface area (Å²) in [7, 11) is 0. The van der Waals surface area contributed by atoms with Gasteiger partial charge in [0.15, 0.2) is 0 Å². The smallest absolute Gasteiger partial charge is 0.139 e. The molecule has 0 radical (unpaired) electrons. The predicted octanol–water partition coefficient (Wildman–Crippen LogP) is 1.74. The van der Waals surface area contributed by atoms with Gasteiger partial charge < -0.3 is 10.5 Å². The number of nitrogens with two attached hydrogens (primary N) is 1. The van der Waals surface area contributed by atoms with E-state index in [2.05, 4.69) is 27.5 Å². The van der Waals surface area contributed by atoms with E-state index < -0.39 is 0 Å². The summed E-state index contributed by atoms with van der Waals surface area (Å²) in [6.07, 6.45) is 3.35. The first-order valence-electron chi connectivity index (χ1n) is 3.82. The third-order valence-electron chi connectivity index (χ3n) is 1.41. The van der Waals surface area contributed by atoms with E-state index in [0.29, 0.717) is 18.9 Å². The Labute approximate surface area is 85.7 Å². The van der Waals surface area contributed by atoms with E-state index in [1.807, 2.05) is 6.07 Å². The van der Waals surface area contributed by atoms with Gasteiger partial charge in [-0.3, -0.25) is 4.98 Å². The number of hydrogen-bond acceptors (Lipinski definition) is 3. The molecular weight excluding hydrogens is 232 g/mol. The van der Waals surface area contributed by atoms with Crippen LogP contribution in [0.3, 0.4) is 0 Å². The van der Waals surface area contributed by atoms with E-state index in [1.54, 1.807) is 12.4 Å². The van der Waals surface area contributed by atoms with E-state index in [4.69, 9.17) is 10.5 Å². The van der Waals surface area contributed by atoms with Gasteiger partial charge in [0.05, 0.1) is 6.20 Å². The van der Waals surface area contributed by atoms with Crippen LogP contribution in [0.5, 0.6) is 5.75 Å². The molecule has 0 atom stereocenters. The zero-order valence-corrected chi connectivity index (χ0v) is 8.75. The van der Waals surface area contributed by atoms with Crippen molar-refractivity contribution in [2.24, 2.45) is 5.73 Å². The van der Waals surface area contributed by atoms with Gasteiger partial charge in [-0.25, -0.2) is 0 Å². The molecular formula is C9H11BrN2O. The van der Waals surface area contributed by atoms with Gasteiger partial charge in [-0.05, 0) is 27.6 Å². The van der Waals surface area contributed by atoms with Crippen molar-refractivity contribution in [1.29, 1.82) is 0 Å². The summed E-state index contributed by atoms with van der Waals surface area (Å²) in [6.45, 7) is 4.61. The number of hydrogen-bond donors (Lipinski definition) is 1. The summed E-state index contributed by atoms with van der Waals surface area (Å²) in [5.74, 6) is 0.712. The van der Waals surface area contributed by atoms with Crippen molar-refractivity contribution in [3.8, 4) is 5.75 Å². The predicted molar refractivity (Wildman–Crippen MR) is 55.6 cm³/mol. The van der Waals surface area contributed by atoms with E-state index in [0.717, 1.165) is 10.0 Å². The summed E-state index contributed by atoms with van der Waals surface area (Å²) in [6, 6.07) is 1.84. The van der Waals surface area contributed by atoms with Gasteiger partial charge in [-0.2, -0.15) is 0 Å². The average Bonchev–Trinajstić information content (AvgIpc) is 2.14. The first-order valence-corrected chi connectivity index (χ1v) is 4.61. The lowest BCUT2D eigenvalue weighted by Gasteiger charge is -2.06. The van der Waals surface area contributed by atoms with E-state index in [-0.39, 0.29) is 0 Å². The Balaban J connectivity index is 2.50. The molecule has 4 heteroatoms. The average molecular weight is 243 g/mol. The number of rotatable bonds is 4. The van der Waals surface area contributed by atoms with E-state index in [9.17, 15) is 0 Å². The van der Waals surface area contributed by atoms with Crippen LogP contribution >= 0.6 is 15.9 Å². The number of nitrogens with zero attached hydrogens (tertiary/aromatic N) is 1. The lowest BCUT2D eigenvalue weighted by atomic mass is 10.3. The van der Waals surface area contributed by atoms with Crippen molar-refractivity contribution >= 4 is 15.9 Å². The van der Waals surface area contributed by atoms with Crippen LogP contribution in [-0.2, 0) is 0 Å². The Bertz CT molecular complexity index is 301. The molecule has 0 aliphatic carbocycles. The van der Waals surface area contributed by atoms with Crippen LogP contribution in [-0.4, -0.2) is 18.1 Å². The number of halogens is 1. The SMILES string of the molecule is C=C(CN)COc1cncc(Br)c1. The number of ether oxygens (including phenoxy) is 1. The highest BCUT2D eigenvalue weighted by molar-refractivity contribution is 9.10. The summed E-state index contributed by atoms with van der Waals surface area (Å²) in [4.78, 5) is 3.96. The van der Waals surface area contributed by atoms with Crippen LogP contribution in [0, 0.1) is 0 Å². The highest BCUT2D eigenvalue weighted by atomic mass is 79.9. The lowest BCUT2D eigenvalue weighted by molar-refractivity contribution is 0.349. The topological polar surface area (TPSA) is 48.1 Å². The maximum Gasteiger partial charge on any atom is 0.139 e.